The number of ketones is 1. The van der Waals surface area contributed by atoms with Crippen molar-refractivity contribution in [3.05, 3.63) is 50.1 Å². The second-order valence-electron chi connectivity index (χ2n) is 26.5. The highest BCUT2D eigenvalue weighted by molar-refractivity contribution is 7.48. The zero-order valence-electron chi connectivity index (χ0n) is 61.4. The SMILES string of the molecule is C=CCOC(=O)O[C@@H]1C(OOC2OC(COC)[C@@H](OP(=O)(OCC=C)OCC=C)C(OCCC(CCCCCCC)OC)[C@H]2NC(=O)CCCCCCCCC/C=C\CCCCCC)CC(O)[C@H](NC(=O)CC(=O)CCCCCCCCCCC)C1OCCCCCCCCCC. The van der Waals surface area contributed by atoms with Crippen molar-refractivity contribution in [2.45, 2.75) is 358 Å². The van der Waals surface area contributed by atoms with Gasteiger partial charge in [0.2, 0.25) is 18.1 Å². The zero-order chi connectivity index (χ0) is 70.8. The molecule has 97 heavy (non-hydrogen) atoms. The number of hydrogen-bond donors (Lipinski definition) is 3. The van der Waals surface area contributed by atoms with E-state index in [9.17, 15) is 28.8 Å². The van der Waals surface area contributed by atoms with Crippen LogP contribution in [0.25, 0.3) is 0 Å². The van der Waals surface area contributed by atoms with Crippen molar-refractivity contribution in [3.8, 4) is 0 Å². The van der Waals surface area contributed by atoms with Crippen LogP contribution in [-0.2, 0) is 75.5 Å². The second kappa shape index (κ2) is 60.2. The summed E-state index contributed by atoms with van der Waals surface area (Å²) in [5.41, 5.74) is 0. The molecule has 1 aliphatic heterocycles. The molecule has 11 atom stereocenters. The fourth-order valence-corrected chi connectivity index (χ4v) is 13.7. The van der Waals surface area contributed by atoms with Gasteiger partial charge in [-0.25, -0.2) is 19.1 Å². The third-order valence-electron chi connectivity index (χ3n) is 17.9. The Morgan fingerprint density at radius 1 is 0.546 bits per heavy atom. The summed E-state index contributed by atoms with van der Waals surface area (Å²) in [6, 6.07) is -2.47. The van der Waals surface area contributed by atoms with Gasteiger partial charge in [-0.15, -0.1) is 13.2 Å². The summed E-state index contributed by atoms with van der Waals surface area (Å²) in [5, 5.41) is 18.2. The molecule has 1 saturated heterocycles. The second-order valence-corrected chi connectivity index (χ2v) is 28.1. The van der Waals surface area contributed by atoms with Crippen LogP contribution in [0.1, 0.15) is 291 Å². The number of amides is 2. The largest absolute Gasteiger partial charge is 0.509 e. The van der Waals surface area contributed by atoms with E-state index in [1.165, 1.54) is 96.0 Å². The highest BCUT2D eigenvalue weighted by Crippen LogP contribution is 2.52. The van der Waals surface area contributed by atoms with Gasteiger partial charge in [-0.3, -0.25) is 28.0 Å². The van der Waals surface area contributed by atoms with Crippen LogP contribution < -0.4 is 10.6 Å². The maximum atomic E-state index is 14.7. The summed E-state index contributed by atoms with van der Waals surface area (Å²) in [4.78, 5) is 68.2. The van der Waals surface area contributed by atoms with Gasteiger partial charge in [-0.1, -0.05) is 244 Å². The van der Waals surface area contributed by atoms with E-state index in [2.05, 4.69) is 70.2 Å². The molecule has 0 spiro atoms. The smallest absolute Gasteiger partial charge is 0.430 e. The van der Waals surface area contributed by atoms with E-state index < -0.39 is 87.4 Å². The lowest BCUT2D eigenvalue weighted by Crippen LogP contribution is -2.67. The Morgan fingerprint density at radius 2 is 1.03 bits per heavy atom. The van der Waals surface area contributed by atoms with Gasteiger partial charge in [0.25, 0.3) is 0 Å². The van der Waals surface area contributed by atoms with Gasteiger partial charge in [-0.05, 0) is 57.8 Å². The summed E-state index contributed by atoms with van der Waals surface area (Å²) in [6.07, 6.45) is 35.0. The van der Waals surface area contributed by atoms with E-state index in [0.29, 0.717) is 25.7 Å². The monoisotopic (exact) mass is 1400 g/mol. The molecule has 0 radical (unpaired) electrons. The first-order valence-corrected chi connectivity index (χ1v) is 39.6. The maximum Gasteiger partial charge on any atom is 0.509 e. The van der Waals surface area contributed by atoms with Gasteiger partial charge in [-0.2, -0.15) is 0 Å². The summed E-state index contributed by atoms with van der Waals surface area (Å²) in [7, 11) is -1.38. The molecule has 20 nitrogen and oxygen atoms in total. The third kappa shape index (κ3) is 42.6. The molecule has 21 heteroatoms. The molecule has 0 aromatic carbocycles. The number of phosphoric acid groups is 1. The average Bonchev–Trinajstić information content (AvgIpc) is 0.788. The Bertz CT molecular complexity index is 2070. The van der Waals surface area contributed by atoms with E-state index >= 15 is 0 Å². The van der Waals surface area contributed by atoms with E-state index in [1.807, 2.05) is 0 Å². The first-order valence-electron chi connectivity index (χ1n) is 38.2. The van der Waals surface area contributed by atoms with Crippen LogP contribution in [0.3, 0.4) is 0 Å². The fourth-order valence-electron chi connectivity index (χ4n) is 12.4. The van der Waals surface area contributed by atoms with Gasteiger partial charge < -0.3 is 48.9 Å². The average molecular weight is 1400 g/mol. The van der Waals surface area contributed by atoms with Crippen LogP contribution in [0.5, 0.6) is 0 Å². The molecule has 0 aromatic rings. The van der Waals surface area contributed by atoms with Crippen LogP contribution >= 0.6 is 7.82 Å². The summed E-state index contributed by atoms with van der Waals surface area (Å²) in [5.74, 6) is -1.21. The minimum Gasteiger partial charge on any atom is -0.430 e. The van der Waals surface area contributed by atoms with Crippen LogP contribution in [0.15, 0.2) is 50.1 Å². The van der Waals surface area contributed by atoms with Crippen LogP contribution in [-0.4, -0.2) is 150 Å². The molecule has 2 rings (SSSR count). The van der Waals surface area contributed by atoms with Gasteiger partial charge in [0.05, 0.1) is 44.5 Å². The lowest BCUT2D eigenvalue weighted by Gasteiger charge is -2.47. The van der Waals surface area contributed by atoms with Crippen molar-refractivity contribution >= 4 is 31.6 Å². The number of carbonyl (C=O) groups is 4. The normalized spacial score (nSPS) is 21.5. The number of methoxy groups -OCH3 is 2. The predicted octanol–water partition coefficient (Wildman–Crippen LogP) is 17.6. The molecule has 2 fully saturated rings. The highest BCUT2D eigenvalue weighted by atomic mass is 31.2. The van der Waals surface area contributed by atoms with Crippen molar-refractivity contribution in [1.82, 2.24) is 10.6 Å². The number of aliphatic hydroxyl groups excluding tert-OH is 1. The number of allylic oxidation sites excluding steroid dienone is 2. The van der Waals surface area contributed by atoms with Gasteiger partial charge in [0, 0.05) is 46.7 Å². The Kier molecular flexibility index (Phi) is 55.7. The number of phosphoric ester groups is 1. The number of aliphatic hydroxyl groups is 1. The van der Waals surface area contributed by atoms with Crippen LogP contribution in [0.2, 0.25) is 0 Å². The molecule has 7 unspecified atom stereocenters. The third-order valence-corrected chi connectivity index (χ3v) is 19.4. The summed E-state index contributed by atoms with van der Waals surface area (Å²) < 4.78 is 75.9. The standard InChI is InChI=1S/C76H137N2O18P/c1-10-17-21-25-28-31-32-33-34-35-36-38-40-44-48-52-67(81)77-70-74(88-58-53-63(86-9)51-47-42-24-20-13-4)72(96-97(84,90-55-15-6)91-56-16-7)66(61-85-8)92-75(70)95-94-65-60-64(80)69(78-68(82)59-62(79)50-46-43-39-37-29-26-22-18-11-2)73(71(65)93-76(83)89-54-14-5)87-57-49-45-41-30-27-23-19-12-3/h14-16,31-32,63-66,69-75,80H,5-7,10-13,17-30,33-61H2,1-4,8-9H3,(H,77,81)(H,78,82)/b32-31-/t63?,64?,65?,66?,69-,70+,71+,72+,73?,74?,75?/m0/s1. The molecular weight excluding hydrogens is 1260 g/mol. The summed E-state index contributed by atoms with van der Waals surface area (Å²) in [6.45, 7) is 19.3. The molecule has 3 N–H and O–H groups in total. The lowest BCUT2D eigenvalue weighted by molar-refractivity contribution is -0.439. The van der Waals surface area contributed by atoms with E-state index in [4.69, 9.17) is 56.5 Å². The molecular formula is C76H137N2O18P. The van der Waals surface area contributed by atoms with E-state index in [-0.39, 0.29) is 76.7 Å². The molecule has 0 aromatic heterocycles. The van der Waals surface area contributed by atoms with E-state index in [0.717, 1.165) is 141 Å². The predicted molar refractivity (Wildman–Crippen MR) is 384 cm³/mol. The molecule has 2 aliphatic rings. The van der Waals surface area contributed by atoms with Crippen LogP contribution in [0.4, 0.5) is 4.79 Å². The van der Waals surface area contributed by atoms with Crippen molar-refractivity contribution in [3.63, 3.8) is 0 Å². The molecule has 1 aliphatic carbocycles. The lowest BCUT2D eigenvalue weighted by atomic mass is 9.84. The number of unbranched alkanes of at least 4 members (excludes halogenated alkanes) is 30. The molecule has 0 bridgehead atoms. The molecule has 2 amide bonds. The number of nitrogens with one attached hydrogen (secondary N) is 2. The minimum absolute atomic E-state index is 0.0751. The number of ether oxygens (including phenoxy) is 7. The zero-order valence-corrected chi connectivity index (χ0v) is 62.3. The molecule has 1 saturated carbocycles. The van der Waals surface area contributed by atoms with E-state index in [1.54, 1.807) is 7.11 Å². The van der Waals surface area contributed by atoms with Gasteiger partial charge >= 0.3 is 14.0 Å². The van der Waals surface area contributed by atoms with Gasteiger partial charge in [0.15, 0.2) is 6.10 Å². The topological polar surface area (TPSA) is 240 Å². The minimum atomic E-state index is -4.50. The van der Waals surface area contributed by atoms with Crippen molar-refractivity contribution in [2.24, 2.45) is 0 Å². The number of rotatable bonds is 66. The Morgan fingerprint density at radius 3 is 1.58 bits per heavy atom. The van der Waals surface area contributed by atoms with Crippen LogP contribution in [0, 0.1) is 0 Å². The number of Topliss-reactive ketones (excluding diaryl/α,β-unsaturated/α-hetero) is 1. The maximum absolute atomic E-state index is 14.7. The Balaban J connectivity index is 2.65. The van der Waals surface area contributed by atoms with Crippen molar-refractivity contribution in [1.29, 1.82) is 0 Å². The first-order chi connectivity index (χ1) is 47.3. The fraction of sp³-hybridized carbons (Fsp3) is 0.842. The van der Waals surface area contributed by atoms with Gasteiger partial charge in [0.1, 0.15) is 49.0 Å². The number of hydrogen-bond acceptors (Lipinski definition) is 18. The quantitative estimate of drug-likeness (QED) is 0.00975. The van der Waals surface area contributed by atoms with Crippen molar-refractivity contribution < 1.29 is 85.4 Å². The molecule has 1 heterocycles. The molecule has 564 valence electrons. The number of carbonyl (C=O) groups excluding carboxylic acids is 4. The van der Waals surface area contributed by atoms with Crippen molar-refractivity contribution in [2.75, 3.05) is 53.9 Å². The Hall–Kier alpha value is -3.37. The highest BCUT2D eigenvalue weighted by Gasteiger charge is 2.54. The first kappa shape index (κ1) is 89.7. The summed E-state index contributed by atoms with van der Waals surface area (Å²) >= 11 is 0. The Labute approximate surface area is 587 Å².